The molecule has 3 rings (SSSR count). The van der Waals surface area contributed by atoms with Crippen molar-refractivity contribution in [2.75, 3.05) is 12.8 Å². The van der Waals surface area contributed by atoms with Gasteiger partial charge in [-0.3, -0.25) is 4.79 Å². The summed E-state index contributed by atoms with van der Waals surface area (Å²) in [7, 11) is 0.216. The van der Waals surface area contributed by atoms with E-state index in [1.54, 1.807) is 26.2 Å². The highest BCUT2D eigenvalue weighted by Gasteiger charge is 2.23. The predicted molar refractivity (Wildman–Crippen MR) is 95.4 cm³/mol. The first-order chi connectivity index (χ1) is 12.0. The van der Waals surface area contributed by atoms with Gasteiger partial charge in [-0.05, 0) is 42.3 Å². The molecule has 1 aromatic heterocycles. The SMILES string of the molecule is COc1cc(C)c(B(O)OC=O)cc1-c1ccc2c(N)cnnc2c1. The van der Waals surface area contributed by atoms with Gasteiger partial charge in [0.15, 0.2) is 0 Å². The summed E-state index contributed by atoms with van der Waals surface area (Å²) in [5, 5.41) is 18.8. The minimum absolute atomic E-state index is 0.211. The van der Waals surface area contributed by atoms with Crippen LogP contribution in [0.1, 0.15) is 5.56 Å². The summed E-state index contributed by atoms with van der Waals surface area (Å²) in [6.45, 7) is 2.01. The third kappa shape index (κ3) is 3.11. The zero-order valence-corrected chi connectivity index (χ0v) is 13.8. The lowest BCUT2D eigenvalue weighted by molar-refractivity contribution is -0.121. The number of hydrogen-bond donors (Lipinski definition) is 2. The van der Waals surface area contributed by atoms with Crippen LogP contribution < -0.4 is 15.9 Å². The highest BCUT2D eigenvalue weighted by Crippen LogP contribution is 2.32. The first-order valence-corrected chi connectivity index (χ1v) is 7.52. The van der Waals surface area contributed by atoms with E-state index >= 15 is 0 Å². The lowest BCUT2D eigenvalue weighted by Gasteiger charge is -2.15. The molecule has 25 heavy (non-hydrogen) atoms. The minimum Gasteiger partial charge on any atom is -0.508 e. The van der Waals surface area contributed by atoms with Gasteiger partial charge in [-0.2, -0.15) is 10.2 Å². The first kappa shape index (κ1) is 16.7. The Labute approximate surface area is 144 Å². The van der Waals surface area contributed by atoms with Gasteiger partial charge >= 0.3 is 7.12 Å². The molecule has 1 heterocycles. The molecule has 8 heteroatoms. The Kier molecular flexibility index (Phi) is 4.54. The van der Waals surface area contributed by atoms with Gasteiger partial charge in [-0.25, -0.2) is 0 Å². The molecule has 7 nitrogen and oxygen atoms in total. The molecule has 0 saturated carbocycles. The topological polar surface area (TPSA) is 108 Å². The summed E-state index contributed by atoms with van der Waals surface area (Å²) in [5.74, 6) is 0.621. The number of ether oxygens (including phenoxy) is 1. The van der Waals surface area contributed by atoms with Crippen LogP contribution in [-0.2, 0) is 9.45 Å². The first-order valence-electron chi connectivity index (χ1n) is 7.52. The number of anilines is 1. The fraction of sp³-hybridized carbons (Fsp3) is 0.118. The number of fused-ring (bicyclic) bond motifs is 1. The van der Waals surface area contributed by atoms with Crippen molar-refractivity contribution in [3.63, 3.8) is 0 Å². The van der Waals surface area contributed by atoms with E-state index in [-0.39, 0.29) is 6.47 Å². The van der Waals surface area contributed by atoms with Gasteiger partial charge in [-0.1, -0.05) is 6.07 Å². The number of carbonyl (C=O) groups is 1. The number of aryl methyl sites for hydroxylation is 1. The smallest absolute Gasteiger partial charge is 0.508 e. The van der Waals surface area contributed by atoms with Gasteiger partial charge in [0.1, 0.15) is 5.75 Å². The molecule has 2 aromatic carbocycles. The number of nitrogens with two attached hydrogens (primary N) is 1. The molecule has 0 fully saturated rings. The maximum Gasteiger partial charge on any atom is 0.562 e. The largest absolute Gasteiger partial charge is 0.562 e. The second kappa shape index (κ2) is 6.78. The Morgan fingerprint density at radius 2 is 2.08 bits per heavy atom. The average Bonchev–Trinajstić information content (AvgIpc) is 2.61. The second-order valence-electron chi connectivity index (χ2n) is 5.53. The molecule has 3 aromatic rings. The van der Waals surface area contributed by atoms with Crippen LogP contribution in [0, 0.1) is 6.92 Å². The van der Waals surface area contributed by atoms with Crippen molar-refractivity contribution in [3.05, 3.63) is 42.1 Å². The molecule has 0 radical (unpaired) electrons. The molecule has 126 valence electrons. The number of hydrogen-bond acceptors (Lipinski definition) is 7. The van der Waals surface area contributed by atoms with Gasteiger partial charge in [-0.15, -0.1) is 0 Å². The maximum absolute atomic E-state index is 10.5. The van der Waals surface area contributed by atoms with E-state index in [0.29, 0.717) is 22.4 Å². The number of carbonyl (C=O) groups excluding carboxylic acids is 1. The van der Waals surface area contributed by atoms with Crippen LogP contribution in [0.3, 0.4) is 0 Å². The third-order valence-electron chi connectivity index (χ3n) is 4.02. The van der Waals surface area contributed by atoms with Crippen molar-refractivity contribution in [2.24, 2.45) is 0 Å². The Morgan fingerprint density at radius 3 is 2.80 bits per heavy atom. The van der Waals surface area contributed by atoms with E-state index in [9.17, 15) is 9.82 Å². The monoisotopic (exact) mass is 337 g/mol. The van der Waals surface area contributed by atoms with Crippen LogP contribution >= 0.6 is 0 Å². The quantitative estimate of drug-likeness (QED) is 0.529. The van der Waals surface area contributed by atoms with Gasteiger partial charge < -0.3 is 20.1 Å². The Hall–Kier alpha value is -3.13. The summed E-state index contributed by atoms with van der Waals surface area (Å²) in [4.78, 5) is 10.5. The van der Waals surface area contributed by atoms with E-state index in [2.05, 4.69) is 14.9 Å². The number of benzene rings is 2. The number of rotatable bonds is 5. The molecule has 3 N–H and O–H groups in total. The van der Waals surface area contributed by atoms with Crippen molar-refractivity contribution in [3.8, 4) is 16.9 Å². The summed E-state index contributed by atoms with van der Waals surface area (Å²) in [6.07, 6.45) is 1.50. The normalized spacial score (nSPS) is 10.5. The zero-order chi connectivity index (χ0) is 18.0. The molecule has 0 unspecified atom stereocenters. The molecular weight excluding hydrogens is 321 g/mol. The molecule has 0 spiro atoms. The summed E-state index contributed by atoms with van der Waals surface area (Å²) in [5.41, 5.74) is 9.84. The van der Waals surface area contributed by atoms with Crippen LogP contribution in [-0.4, -0.2) is 35.9 Å². The van der Waals surface area contributed by atoms with Gasteiger partial charge in [0.25, 0.3) is 6.47 Å². The molecule has 0 aliphatic carbocycles. The standard InChI is InChI=1S/C17H16BN3O4/c1-10-5-17(24-2)13(7-14(10)18(23)25-9-22)11-3-4-12-15(19)8-20-21-16(12)6-11/h3-9,23H,1-2H3,(H2,19,21). The Bertz CT molecular complexity index is 949. The summed E-state index contributed by atoms with van der Waals surface area (Å²) < 4.78 is 10.1. The molecule has 0 amide bonds. The van der Waals surface area contributed by atoms with Crippen molar-refractivity contribution in [1.29, 1.82) is 0 Å². The maximum atomic E-state index is 10.5. The third-order valence-corrected chi connectivity index (χ3v) is 4.02. The van der Waals surface area contributed by atoms with Gasteiger partial charge in [0, 0.05) is 16.4 Å². The van der Waals surface area contributed by atoms with Crippen molar-refractivity contribution in [2.45, 2.75) is 6.92 Å². The van der Waals surface area contributed by atoms with E-state index in [1.807, 2.05) is 18.2 Å². The fourth-order valence-electron chi connectivity index (χ4n) is 2.73. The average molecular weight is 337 g/mol. The van der Waals surface area contributed by atoms with Crippen LogP contribution in [0.25, 0.3) is 22.0 Å². The lowest BCUT2D eigenvalue weighted by Crippen LogP contribution is -2.35. The van der Waals surface area contributed by atoms with Crippen molar-refractivity contribution < 1.29 is 19.2 Å². The molecule has 0 atom stereocenters. The van der Waals surface area contributed by atoms with Crippen molar-refractivity contribution >= 4 is 35.6 Å². The van der Waals surface area contributed by atoms with Gasteiger partial charge in [0.05, 0.1) is 24.5 Å². The van der Waals surface area contributed by atoms with E-state index in [0.717, 1.165) is 22.1 Å². The lowest BCUT2D eigenvalue weighted by atomic mass is 9.75. The fourth-order valence-corrected chi connectivity index (χ4v) is 2.73. The molecule has 0 saturated heterocycles. The molecular formula is C17H16BN3O4. The molecule has 0 bridgehead atoms. The van der Waals surface area contributed by atoms with E-state index in [1.165, 1.54) is 6.20 Å². The Balaban J connectivity index is 2.18. The van der Waals surface area contributed by atoms with E-state index in [4.69, 9.17) is 10.5 Å². The minimum atomic E-state index is -1.35. The summed E-state index contributed by atoms with van der Waals surface area (Å²) >= 11 is 0. The number of nitrogens with zero attached hydrogens (tertiary/aromatic N) is 2. The second-order valence-corrected chi connectivity index (χ2v) is 5.53. The van der Waals surface area contributed by atoms with Crippen LogP contribution in [0.15, 0.2) is 36.5 Å². The van der Waals surface area contributed by atoms with Crippen LogP contribution in [0.4, 0.5) is 5.69 Å². The summed E-state index contributed by atoms with van der Waals surface area (Å²) in [6, 6.07) is 9.07. The highest BCUT2D eigenvalue weighted by atomic mass is 16.5. The van der Waals surface area contributed by atoms with Crippen LogP contribution in [0.2, 0.25) is 0 Å². The van der Waals surface area contributed by atoms with Crippen molar-refractivity contribution in [1.82, 2.24) is 10.2 Å². The predicted octanol–water partition coefficient (Wildman–Crippen LogP) is 1.06. The van der Waals surface area contributed by atoms with Crippen LogP contribution in [0.5, 0.6) is 5.75 Å². The highest BCUT2D eigenvalue weighted by molar-refractivity contribution is 6.61. The molecule has 0 aliphatic rings. The molecule has 0 aliphatic heterocycles. The number of aromatic nitrogens is 2. The van der Waals surface area contributed by atoms with E-state index < -0.39 is 7.12 Å². The number of nitrogen functional groups attached to an aromatic ring is 1. The number of methoxy groups -OCH3 is 1. The zero-order valence-electron chi connectivity index (χ0n) is 13.8. The Morgan fingerprint density at radius 1 is 1.28 bits per heavy atom. The van der Waals surface area contributed by atoms with Gasteiger partial charge in [0.2, 0.25) is 0 Å².